The highest BCUT2D eigenvalue weighted by atomic mass is 16.5. The van der Waals surface area contributed by atoms with E-state index in [0.717, 1.165) is 11.1 Å². The summed E-state index contributed by atoms with van der Waals surface area (Å²) in [4.78, 5) is 38.0. The molecule has 138 valence electrons. The number of Topliss-reactive ketones (excluding diaryl/α,β-unsaturated/α-hetero) is 2. The maximum atomic E-state index is 13.2. The van der Waals surface area contributed by atoms with Crippen LogP contribution in [0, 0.1) is 11.3 Å². The molecule has 0 radical (unpaired) electrons. The van der Waals surface area contributed by atoms with Crippen molar-refractivity contribution in [3.8, 4) is 0 Å². The Balaban J connectivity index is 3.54. The third-order valence-electron chi connectivity index (χ3n) is 4.86. The minimum absolute atomic E-state index is 0.0313. The molecule has 25 heavy (non-hydrogen) atoms. The predicted octanol–water partition coefficient (Wildman–Crippen LogP) is 4.35. The van der Waals surface area contributed by atoms with Gasteiger partial charge in [0.05, 0.1) is 12.7 Å². The van der Waals surface area contributed by atoms with E-state index in [1.807, 2.05) is 40.7 Å². The SMILES string of the molecule is COC(=O)[C@@]1(CC=C(C)C)C[C@@H](CC=C(C)C)C(C)=C(C(C)=O)C1=O. The molecule has 0 fully saturated rings. The topological polar surface area (TPSA) is 60.4 Å². The first-order valence-electron chi connectivity index (χ1n) is 8.68. The zero-order chi connectivity index (χ0) is 19.4. The molecule has 0 aromatic heterocycles. The normalized spacial score (nSPS) is 23.2. The second-order valence-electron chi connectivity index (χ2n) is 7.42. The molecule has 0 bridgehead atoms. The fourth-order valence-electron chi connectivity index (χ4n) is 3.37. The minimum atomic E-state index is -1.31. The number of ketones is 2. The van der Waals surface area contributed by atoms with E-state index in [9.17, 15) is 14.4 Å². The van der Waals surface area contributed by atoms with Crippen molar-refractivity contribution >= 4 is 17.5 Å². The molecule has 0 unspecified atom stereocenters. The van der Waals surface area contributed by atoms with Gasteiger partial charge >= 0.3 is 5.97 Å². The van der Waals surface area contributed by atoms with Crippen LogP contribution in [-0.4, -0.2) is 24.6 Å². The fraction of sp³-hybridized carbons (Fsp3) is 0.571. The lowest BCUT2D eigenvalue weighted by molar-refractivity contribution is -0.158. The van der Waals surface area contributed by atoms with Gasteiger partial charge in [0.15, 0.2) is 11.6 Å². The predicted molar refractivity (Wildman–Crippen MR) is 99.0 cm³/mol. The Morgan fingerprint density at radius 2 is 1.68 bits per heavy atom. The summed E-state index contributed by atoms with van der Waals surface area (Å²) in [5, 5.41) is 0. The molecule has 0 saturated heterocycles. The van der Waals surface area contributed by atoms with Crippen LogP contribution in [0.4, 0.5) is 0 Å². The molecule has 2 atom stereocenters. The number of carbonyl (C=O) groups excluding carboxylic acids is 3. The molecule has 0 aromatic rings. The Bertz CT molecular complexity index is 655. The van der Waals surface area contributed by atoms with Gasteiger partial charge in [0, 0.05) is 0 Å². The van der Waals surface area contributed by atoms with Crippen molar-refractivity contribution in [2.75, 3.05) is 7.11 Å². The van der Waals surface area contributed by atoms with E-state index in [0.29, 0.717) is 12.8 Å². The third-order valence-corrected chi connectivity index (χ3v) is 4.86. The lowest BCUT2D eigenvalue weighted by Gasteiger charge is -2.38. The molecule has 0 saturated carbocycles. The molecule has 0 spiro atoms. The molecule has 1 rings (SSSR count). The molecule has 4 nitrogen and oxygen atoms in total. The van der Waals surface area contributed by atoms with Gasteiger partial charge in [-0.2, -0.15) is 0 Å². The monoisotopic (exact) mass is 346 g/mol. The van der Waals surface area contributed by atoms with Crippen LogP contribution in [0.25, 0.3) is 0 Å². The molecule has 0 amide bonds. The summed E-state index contributed by atoms with van der Waals surface area (Å²) >= 11 is 0. The number of hydrogen-bond acceptors (Lipinski definition) is 4. The Hall–Kier alpha value is -1.97. The number of hydrogen-bond donors (Lipinski definition) is 0. The summed E-state index contributed by atoms with van der Waals surface area (Å²) in [7, 11) is 1.30. The van der Waals surface area contributed by atoms with Crippen molar-refractivity contribution in [3.63, 3.8) is 0 Å². The molecule has 0 N–H and O–H groups in total. The lowest BCUT2D eigenvalue weighted by atomic mass is 9.63. The van der Waals surface area contributed by atoms with Crippen LogP contribution >= 0.6 is 0 Å². The average molecular weight is 346 g/mol. The number of esters is 1. The van der Waals surface area contributed by atoms with E-state index in [1.54, 1.807) is 0 Å². The van der Waals surface area contributed by atoms with Crippen LogP contribution in [0.15, 0.2) is 34.4 Å². The zero-order valence-electron chi connectivity index (χ0n) is 16.5. The lowest BCUT2D eigenvalue weighted by Crippen LogP contribution is -2.47. The van der Waals surface area contributed by atoms with Crippen LogP contribution < -0.4 is 0 Å². The van der Waals surface area contributed by atoms with E-state index < -0.39 is 17.2 Å². The van der Waals surface area contributed by atoms with Crippen molar-refractivity contribution in [1.29, 1.82) is 0 Å². The van der Waals surface area contributed by atoms with Crippen molar-refractivity contribution < 1.29 is 19.1 Å². The standard InChI is InChI=1S/C21H30O4/c1-13(2)8-9-17-12-21(20(24)25-7,11-10-14(3)4)19(23)18(15(17)5)16(6)22/h8,10,17H,9,11-12H2,1-7H3/t17-,21+/m1/s1. The van der Waals surface area contributed by atoms with Crippen LogP contribution in [-0.2, 0) is 19.1 Å². The highest BCUT2D eigenvalue weighted by molar-refractivity contribution is 6.27. The molecule has 4 heteroatoms. The second-order valence-corrected chi connectivity index (χ2v) is 7.42. The van der Waals surface area contributed by atoms with Crippen molar-refractivity contribution in [2.24, 2.45) is 11.3 Å². The molecule has 1 aliphatic carbocycles. The first-order valence-corrected chi connectivity index (χ1v) is 8.68. The van der Waals surface area contributed by atoms with Gasteiger partial charge in [0.25, 0.3) is 0 Å². The summed E-state index contributed by atoms with van der Waals surface area (Å²) in [6.45, 7) is 11.1. The van der Waals surface area contributed by atoms with E-state index in [4.69, 9.17) is 4.74 Å². The number of ether oxygens (including phenoxy) is 1. The summed E-state index contributed by atoms with van der Waals surface area (Å²) in [6.07, 6.45) is 5.30. The van der Waals surface area contributed by atoms with Gasteiger partial charge in [-0.3, -0.25) is 14.4 Å². The van der Waals surface area contributed by atoms with Crippen LogP contribution in [0.1, 0.15) is 60.8 Å². The molecule has 0 heterocycles. The molecule has 0 aliphatic heterocycles. The van der Waals surface area contributed by atoms with Gasteiger partial charge in [-0.25, -0.2) is 0 Å². The molecular formula is C21H30O4. The summed E-state index contributed by atoms with van der Waals surface area (Å²) in [5.41, 5.74) is 1.83. The summed E-state index contributed by atoms with van der Waals surface area (Å²) < 4.78 is 4.99. The number of carbonyl (C=O) groups is 3. The minimum Gasteiger partial charge on any atom is -0.468 e. The largest absolute Gasteiger partial charge is 0.468 e. The van der Waals surface area contributed by atoms with Gasteiger partial charge in [-0.15, -0.1) is 0 Å². The summed E-state index contributed by atoms with van der Waals surface area (Å²) in [5.74, 6) is -1.26. The number of allylic oxidation sites excluding steroid dienone is 6. The Morgan fingerprint density at radius 1 is 1.12 bits per heavy atom. The quantitative estimate of drug-likeness (QED) is 0.310. The van der Waals surface area contributed by atoms with Crippen LogP contribution in [0.2, 0.25) is 0 Å². The van der Waals surface area contributed by atoms with Gasteiger partial charge in [-0.1, -0.05) is 28.9 Å². The Morgan fingerprint density at radius 3 is 2.12 bits per heavy atom. The summed E-state index contributed by atoms with van der Waals surface area (Å²) in [6, 6.07) is 0. The zero-order valence-corrected chi connectivity index (χ0v) is 16.5. The van der Waals surface area contributed by atoms with E-state index >= 15 is 0 Å². The van der Waals surface area contributed by atoms with Crippen molar-refractivity contribution in [2.45, 2.75) is 60.8 Å². The Kier molecular flexibility index (Phi) is 7.09. The van der Waals surface area contributed by atoms with Crippen LogP contribution in [0.3, 0.4) is 0 Å². The van der Waals surface area contributed by atoms with Gasteiger partial charge < -0.3 is 4.74 Å². The smallest absolute Gasteiger partial charge is 0.320 e. The van der Waals surface area contributed by atoms with E-state index in [-0.39, 0.29) is 23.7 Å². The number of methoxy groups -OCH3 is 1. The van der Waals surface area contributed by atoms with Crippen molar-refractivity contribution in [3.05, 3.63) is 34.4 Å². The van der Waals surface area contributed by atoms with Gasteiger partial charge in [-0.05, 0) is 66.7 Å². The average Bonchev–Trinajstić information content (AvgIpc) is 2.52. The highest BCUT2D eigenvalue weighted by Gasteiger charge is 2.52. The molecular weight excluding hydrogens is 316 g/mol. The van der Waals surface area contributed by atoms with Gasteiger partial charge in [0.1, 0.15) is 5.41 Å². The first-order chi connectivity index (χ1) is 11.6. The fourth-order valence-corrected chi connectivity index (χ4v) is 3.37. The molecule has 1 aliphatic rings. The van der Waals surface area contributed by atoms with Gasteiger partial charge in [0.2, 0.25) is 0 Å². The van der Waals surface area contributed by atoms with E-state index in [2.05, 4.69) is 6.08 Å². The maximum Gasteiger partial charge on any atom is 0.320 e. The number of rotatable bonds is 6. The van der Waals surface area contributed by atoms with Crippen LogP contribution in [0.5, 0.6) is 0 Å². The molecule has 0 aromatic carbocycles. The van der Waals surface area contributed by atoms with E-state index in [1.165, 1.54) is 19.6 Å². The third kappa shape index (κ3) is 4.56. The highest BCUT2D eigenvalue weighted by Crippen LogP contribution is 2.45. The maximum absolute atomic E-state index is 13.2. The second kappa shape index (κ2) is 8.41. The Labute approximate surface area is 151 Å². The van der Waals surface area contributed by atoms with Crippen molar-refractivity contribution in [1.82, 2.24) is 0 Å². The first kappa shape index (κ1) is 21.1.